The fourth-order valence-electron chi connectivity index (χ4n) is 3.60. The van der Waals surface area contributed by atoms with Crippen molar-refractivity contribution in [2.75, 3.05) is 5.32 Å². The number of thiazole rings is 1. The molecule has 0 aliphatic carbocycles. The maximum absolute atomic E-state index is 13.0. The highest BCUT2D eigenvalue weighted by Crippen LogP contribution is 2.28. The van der Waals surface area contributed by atoms with Gasteiger partial charge in [-0.25, -0.2) is 4.98 Å². The van der Waals surface area contributed by atoms with Crippen LogP contribution >= 0.6 is 11.3 Å². The number of benzene rings is 2. The van der Waals surface area contributed by atoms with Gasteiger partial charge in [0.15, 0.2) is 5.13 Å². The fraction of sp³-hybridized carbons (Fsp3) is 0.231. The molecule has 9 heteroatoms. The summed E-state index contributed by atoms with van der Waals surface area (Å²) in [5.74, 6) is 0.778. The number of anilines is 1. The van der Waals surface area contributed by atoms with Crippen LogP contribution in [0, 0.1) is 13.8 Å². The van der Waals surface area contributed by atoms with Crippen LogP contribution in [0.5, 0.6) is 5.75 Å². The number of hydrogen-bond donors (Lipinski definition) is 2. The van der Waals surface area contributed by atoms with Gasteiger partial charge in [0.25, 0.3) is 5.91 Å². The van der Waals surface area contributed by atoms with Crippen LogP contribution in [0.15, 0.2) is 58.4 Å². The SMILES string of the molecule is CC(=O)NC(C)c1ccc(-c2csc(NC(=O)c3ccccc3OCc3c(C)noc3C)n2)cc1. The van der Waals surface area contributed by atoms with Crippen molar-refractivity contribution in [3.63, 3.8) is 0 Å². The molecule has 0 spiro atoms. The Balaban J connectivity index is 1.44. The second-order valence-corrected chi connectivity index (χ2v) is 8.98. The highest BCUT2D eigenvalue weighted by atomic mass is 32.1. The van der Waals surface area contributed by atoms with Gasteiger partial charge in [0.05, 0.1) is 28.6 Å². The lowest BCUT2D eigenvalue weighted by atomic mass is 10.1. The first-order valence-corrected chi connectivity index (χ1v) is 12.0. The third-order valence-corrected chi connectivity index (χ3v) is 6.29. The molecule has 0 saturated carbocycles. The molecule has 2 aromatic heterocycles. The van der Waals surface area contributed by atoms with Crippen molar-refractivity contribution >= 4 is 28.3 Å². The average molecular weight is 491 g/mol. The molecule has 0 aliphatic rings. The van der Waals surface area contributed by atoms with Crippen molar-refractivity contribution in [3.8, 4) is 17.0 Å². The zero-order chi connectivity index (χ0) is 24.9. The number of hydrogen-bond acceptors (Lipinski definition) is 7. The first-order chi connectivity index (χ1) is 16.8. The first kappa shape index (κ1) is 24.2. The Kier molecular flexibility index (Phi) is 7.26. The van der Waals surface area contributed by atoms with E-state index in [1.54, 1.807) is 18.2 Å². The minimum atomic E-state index is -0.306. The fourth-order valence-corrected chi connectivity index (χ4v) is 4.31. The van der Waals surface area contributed by atoms with E-state index in [0.717, 1.165) is 28.1 Å². The normalized spacial score (nSPS) is 11.7. The summed E-state index contributed by atoms with van der Waals surface area (Å²) in [6, 6.07) is 14.8. The van der Waals surface area contributed by atoms with Gasteiger partial charge in [0.1, 0.15) is 18.1 Å². The number of aryl methyl sites for hydroxylation is 2. The third kappa shape index (κ3) is 5.75. The van der Waals surface area contributed by atoms with Crippen molar-refractivity contribution < 1.29 is 18.8 Å². The predicted octanol–water partition coefficient (Wildman–Crippen LogP) is 5.44. The van der Waals surface area contributed by atoms with Gasteiger partial charge in [-0.05, 0) is 38.5 Å². The molecule has 1 unspecified atom stereocenters. The standard InChI is InChI=1S/C26H26N4O4S/c1-15(27-18(4)31)19-9-11-20(12-10-19)23-14-35-26(28-23)29-25(32)21-7-5-6-8-24(21)33-13-22-16(2)30-34-17(22)3/h5-12,14-15H,13H2,1-4H3,(H,27,31)(H,28,29,32). The van der Waals surface area contributed by atoms with Gasteiger partial charge in [-0.3, -0.25) is 14.9 Å². The smallest absolute Gasteiger partial charge is 0.261 e. The zero-order valence-electron chi connectivity index (χ0n) is 19.9. The largest absolute Gasteiger partial charge is 0.488 e. The lowest BCUT2D eigenvalue weighted by Gasteiger charge is -2.13. The molecule has 0 bridgehead atoms. The van der Waals surface area contributed by atoms with Crippen LogP contribution in [-0.2, 0) is 11.4 Å². The number of aromatic nitrogens is 2. The van der Waals surface area contributed by atoms with E-state index < -0.39 is 0 Å². The second-order valence-electron chi connectivity index (χ2n) is 8.12. The van der Waals surface area contributed by atoms with Gasteiger partial charge >= 0.3 is 0 Å². The molecule has 0 fully saturated rings. The third-order valence-electron chi connectivity index (χ3n) is 5.54. The molecule has 0 radical (unpaired) electrons. The Hall–Kier alpha value is -3.98. The summed E-state index contributed by atoms with van der Waals surface area (Å²) in [6.45, 7) is 7.37. The number of amides is 2. The Morgan fingerprint density at radius 2 is 1.86 bits per heavy atom. The van der Waals surface area contributed by atoms with Gasteiger partial charge in [-0.15, -0.1) is 11.3 Å². The monoisotopic (exact) mass is 490 g/mol. The van der Waals surface area contributed by atoms with E-state index in [-0.39, 0.29) is 24.5 Å². The highest BCUT2D eigenvalue weighted by molar-refractivity contribution is 7.14. The molecule has 0 saturated heterocycles. The second kappa shape index (κ2) is 10.5. The quantitative estimate of drug-likeness (QED) is 0.340. The van der Waals surface area contributed by atoms with Crippen LogP contribution in [0.4, 0.5) is 5.13 Å². The van der Waals surface area contributed by atoms with E-state index in [1.807, 2.05) is 56.5 Å². The summed E-state index contributed by atoms with van der Waals surface area (Å²) in [6.07, 6.45) is 0. The Morgan fingerprint density at radius 3 is 2.54 bits per heavy atom. The van der Waals surface area contributed by atoms with Gasteiger partial charge in [-0.1, -0.05) is 41.6 Å². The van der Waals surface area contributed by atoms with E-state index in [2.05, 4.69) is 20.8 Å². The van der Waals surface area contributed by atoms with Crippen molar-refractivity contribution in [1.82, 2.24) is 15.5 Å². The summed E-state index contributed by atoms with van der Waals surface area (Å²) in [4.78, 5) is 28.8. The van der Waals surface area contributed by atoms with Crippen molar-refractivity contribution in [2.45, 2.75) is 40.3 Å². The Morgan fingerprint density at radius 1 is 1.11 bits per heavy atom. The van der Waals surface area contributed by atoms with E-state index in [4.69, 9.17) is 9.26 Å². The lowest BCUT2D eigenvalue weighted by Crippen LogP contribution is -2.23. The summed E-state index contributed by atoms with van der Waals surface area (Å²) in [5, 5.41) is 12.0. The molecule has 180 valence electrons. The number of carbonyl (C=O) groups excluding carboxylic acids is 2. The van der Waals surface area contributed by atoms with E-state index in [0.29, 0.717) is 22.2 Å². The average Bonchev–Trinajstić information content (AvgIpc) is 3.43. The molecule has 0 aliphatic heterocycles. The molecular formula is C26H26N4O4S. The summed E-state index contributed by atoms with van der Waals surface area (Å²) in [7, 11) is 0. The van der Waals surface area contributed by atoms with Crippen LogP contribution in [0.3, 0.4) is 0 Å². The van der Waals surface area contributed by atoms with Crippen molar-refractivity contribution in [1.29, 1.82) is 0 Å². The highest BCUT2D eigenvalue weighted by Gasteiger charge is 2.17. The van der Waals surface area contributed by atoms with Crippen LogP contribution < -0.4 is 15.4 Å². The van der Waals surface area contributed by atoms with Gasteiger partial charge in [0, 0.05) is 17.9 Å². The zero-order valence-corrected chi connectivity index (χ0v) is 20.7. The molecule has 2 aromatic carbocycles. The van der Waals surface area contributed by atoms with Crippen LogP contribution in [0.2, 0.25) is 0 Å². The minimum absolute atomic E-state index is 0.0721. The van der Waals surface area contributed by atoms with Gasteiger partial charge in [-0.2, -0.15) is 0 Å². The molecule has 1 atom stereocenters. The number of nitrogens with zero attached hydrogens (tertiary/aromatic N) is 2. The van der Waals surface area contributed by atoms with Crippen LogP contribution in [-0.4, -0.2) is 22.0 Å². The maximum Gasteiger partial charge on any atom is 0.261 e. The number of rotatable bonds is 8. The molecule has 2 amide bonds. The van der Waals surface area contributed by atoms with Crippen LogP contribution in [0.1, 0.15) is 52.8 Å². The molecule has 4 aromatic rings. The van der Waals surface area contributed by atoms with Crippen molar-refractivity contribution in [2.24, 2.45) is 0 Å². The molecule has 35 heavy (non-hydrogen) atoms. The topological polar surface area (TPSA) is 106 Å². The summed E-state index contributed by atoms with van der Waals surface area (Å²) < 4.78 is 11.1. The predicted molar refractivity (Wildman–Crippen MR) is 134 cm³/mol. The summed E-state index contributed by atoms with van der Waals surface area (Å²) in [5.41, 5.74) is 4.71. The van der Waals surface area contributed by atoms with E-state index in [9.17, 15) is 9.59 Å². The number of nitrogens with one attached hydrogen (secondary N) is 2. The van der Waals surface area contributed by atoms with Gasteiger partial charge in [0.2, 0.25) is 5.91 Å². The number of para-hydroxylation sites is 1. The number of carbonyl (C=O) groups is 2. The molecular weight excluding hydrogens is 464 g/mol. The van der Waals surface area contributed by atoms with Crippen molar-refractivity contribution in [3.05, 3.63) is 82.1 Å². The van der Waals surface area contributed by atoms with Crippen LogP contribution in [0.25, 0.3) is 11.3 Å². The van der Waals surface area contributed by atoms with Gasteiger partial charge < -0.3 is 14.6 Å². The lowest BCUT2D eigenvalue weighted by molar-refractivity contribution is -0.119. The molecule has 2 heterocycles. The number of ether oxygens (including phenoxy) is 1. The summed E-state index contributed by atoms with van der Waals surface area (Å²) >= 11 is 1.35. The Bertz CT molecular complexity index is 1320. The minimum Gasteiger partial charge on any atom is -0.488 e. The first-order valence-electron chi connectivity index (χ1n) is 11.1. The molecule has 4 rings (SSSR count). The maximum atomic E-state index is 13.0. The molecule has 2 N–H and O–H groups in total. The Labute approximate surface area is 207 Å². The van der Waals surface area contributed by atoms with E-state index in [1.165, 1.54) is 18.3 Å². The molecule has 8 nitrogen and oxygen atoms in total. The van der Waals surface area contributed by atoms with E-state index >= 15 is 0 Å².